The van der Waals surface area contributed by atoms with Crippen LogP contribution in [0.2, 0.25) is 0 Å². The Kier molecular flexibility index (Phi) is 2.10. The van der Waals surface area contributed by atoms with Crippen LogP contribution in [0.1, 0.15) is 31.2 Å². The van der Waals surface area contributed by atoms with E-state index in [4.69, 9.17) is 4.84 Å². The maximum atomic E-state index is 12.5. The molecule has 1 heterocycles. The molecule has 0 spiro atoms. The third kappa shape index (κ3) is 1.43. The predicted molar refractivity (Wildman–Crippen MR) is 66.3 cm³/mol. The summed E-state index contributed by atoms with van der Waals surface area (Å²) in [5.74, 6) is 1.24. The summed E-state index contributed by atoms with van der Waals surface area (Å²) in [5.41, 5.74) is 0.723. The van der Waals surface area contributed by atoms with Gasteiger partial charge in [0.2, 0.25) is 0 Å². The standard InChI is InChI=1S/C15H17NO2/c17-14-15(12-6-7-12,13-8-9-13)18-16(14)10-11-4-2-1-3-5-11/h1-5,12-13H,6-10H2. The van der Waals surface area contributed by atoms with Crippen molar-refractivity contribution in [3.63, 3.8) is 0 Å². The molecule has 2 saturated carbocycles. The summed E-state index contributed by atoms with van der Waals surface area (Å²) in [6.45, 7) is 0.584. The van der Waals surface area contributed by atoms with Gasteiger partial charge in [0.05, 0.1) is 6.54 Å². The fourth-order valence-electron chi connectivity index (χ4n) is 3.13. The highest BCUT2D eigenvalue weighted by atomic mass is 16.7. The summed E-state index contributed by atoms with van der Waals surface area (Å²) in [4.78, 5) is 18.4. The van der Waals surface area contributed by atoms with Crippen LogP contribution < -0.4 is 0 Å². The van der Waals surface area contributed by atoms with Crippen LogP contribution in [0, 0.1) is 11.8 Å². The first-order chi connectivity index (χ1) is 8.80. The summed E-state index contributed by atoms with van der Waals surface area (Å²) >= 11 is 0. The van der Waals surface area contributed by atoms with E-state index in [0.717, 1.165) is 5.56 Å². The van der Waals surface area contributed by atoms with Crippen LogP contribution in [-0.2, 0) is 16.2 Å². The number of hydrogen-bond acceptors (Lipinski definition) is 2. The van der Waals surface area contributed by atoms with Crippen LogP contribution in [0.4, 0.5) is 0 Å². The third-order valence-electron chi connectivity index (χ3n) is 4.36. The van der Waals surface area contributed by atoms with E-state index in [9.17, 15) is 4.79 Å². The first-order valence-corrected chi connectivity index (χ1v) is 6.86. The first kappa shape index (κ1) is 10.6. The van der Waals surface area contributed by atoms with Crippen molar-refractivity contribution in [2.45, 2.75) is 37.8 Å². The molecule has 0 bridgehead atoms. The van der Waals surface area contributed by atoms with Gasteiger partial charge in [-0.25, -0.2) is 5.06 Å². The van der Waals surface area contributed by atoms with Gasteiger partial charge in [-0.15, -0.1) is 0 Å². The van der Waals surface area contributed by atoms with Gasteiger partial charge < -0.3 is 0 Å². The normalized spacial score (nSPS) is 26.0. The fourth-order valence-corrected chi connectivity index (χ4v) is 3.13. The van der Waals surface area contributed by atoms with Crippen molar-refractivity contribution >= 4 is 5.91 Å². The summed E-state index contributed by atoms with van der Waals surface area (Å²) in [7, 11) is 0. The molecule has 3 nitrogen and oxygen atoms in total. The van der Waals surface area contributed by atoms with Gasteiger partial charge in [-0.3, -0.25) is 9.63 Å². The molecular weight excluding hydrogens is 226 g/mol. The van der Waals surface area contributed by atoms with Crippen LogP contribution in [-0.4, -0.2) is 16.6 Å². The highest BCUT2D eigenvalue weighted by Gasteiger charge is 2.68. The number of hydrogen-bond donors (Lipinski definition) is 0. The molecule has 2 aliphatic carbocycles. The van der Waals surface area contributed by atoms with Gasteiger partial charge in [-0.2, -0.15) is 0 Å². The zero-order valence-electron chi connectivity index (χ0n) is 10.3. The molecule has 3 heteroatoms. The maximum absolute atomic E-state index is 12.5. The van der Waals surface area contributed by atoms with Crippen molar-refractivity contribution < 1.29 is 9.63 Å². The van der Waals surface area contributed by atoms with E-state index in [-0.39, 0.29) is 5.91 Å². The third-order valence-corrected chi connectivity index (χ3v) is 4.36. The predicted octanol–water partition coefficient (Wildman–Crippen LogP) is 2.52. The maximum Gasteiger partial charge on any atom is 0.282 e. The van der Waals surface area contributed by atoms with Crippen LogP contribution in [0.5, 0.6) is 0 Å². The number of hydroxylamine groups is 2. The first-order valence-electron chi connectivity index (χ1n) is 6.86. The van der Waals surface area contributed by atoms with Gasteiger partial charge in [-0.05, 0) is 31.2 Å². The smallest absolute Gasteiger partial charge is 0.269 e. The molecule has 3 fully saturated rings. The Hall–Kier alpha value is -1.35. The SMILES string of the molecule is O=C1N(Cc2ccccc2)OC1(C1CC1)C1CC1. The number of carbonyl (C=O) groups is 1. The second kappa shape index (κ2) is 3.58. The highest BCUT2D eigenvalue weighted by Crippen LogP contribution is 2.59. The lowest BCUT2D eigenvalue weighted by atomic mass is 9.88. The molecule has 0 unspecified atom stereocenters. The van der Waals surface area contributed by atoms with Gasteiger partial charge in [0.1, 0.15) is 0 Å². The van der Waals surface area contributed by atoms with Gasteiger partial charge in [0.25, 0.3) is 5.91 Å². The molecule has 0 N–H and O–H groups in total. The lowest BCUT2D eigenvalue weighted by Crippen LogP contribution is -2.66. The summed E-state index contributed by atoms with van der Waals surface area (Å²) in [6.07, 6.45) is 4.67. The Morgan fingerprint density at radius 1 is 1.11 bits per heavy atom. The molecule has 1 saturated heterocycles. The lowest BCUT2D eigenvalue weighted by molar-refractivity contribution is -0.324. The van der Waals surface area contributed by atoms with Crippen molar-refractivity contribution in [3.8, 4) is 0 Å². The van der Waals surface area contributed by atoms with Crippen molar-refractivity contribution in [2.24, 2.45) is 11.8 Å². The topological polar surface area (TPSA) is 29.5 Å². The summed E-state index contributed by atoms with van der Waals surface area (Å²) in [5, 5.41) is 1.56. The van der Waals surface area contributed by atoms with Crippen molar-refractivity contribution in [2.75, 3.05) is 0 Å². The Labute approximate surface area is 107 Å². The zero-order valence-corrected chi connectivity index (χ0v) is 10.3. The second-order valence-electron chi connectivity index (χ2n) is 5.76. The molecule has 0 radical (unpaired) electrons. The Morgan fingerprint density at radius 3 is 2.22 bits per heavy atom. The zero-order chi connectivity index (χ0) is 12.2. The molecule has 18 heavy (non-hydrogen) atoms. The van der Waals surface area contributed by atoms with E-state index >= 15 is 0 Å². The van der Waals surface area contributed by atoms with E-state index in [1.165, 1.54) is 25.7 Å². The van der Waals surface area contributed by atoms with Gasteiger partial charge in [-0.1, -0.05) is 30.3 Å². The van der Waals surface area contributed by atoms with E-state index in [2.05, 4.69) is 0 Å². The quantitative estimate of drug-likeness (QED) is 0.813. The minimum absolute atomic E-state index is 0.233. The largest absolute Gasteiger partial charge is 0.282 e. The Bertz CT molecular complexity index is 465. The molecule has 94 valence electrons. The molecule has 3 aliphatic rings. The number of amides is 1. The number of benzene rings is 1. The second-order valence-corrected chi connectivity index (χ2v) is 5.76. The summed E-state index contributed by atoms with van der Waals surface area (Å²) < 4.78 is 0. The molecule has 4 rings (SSSR count). The van der Waals surface area contributed by atoms with Gasteiger partial charge >= 0.3 is 0 Å². The average Bonchev–Trinajstić information content (AvgIpc) is 3.27. The molecular formula is C15H17NO2. The van der Waals surface area contributed by atoms with E-state index in [1.54, 1.807) is 5.06 Å². The molecule has 1 aromatic rings. The van der Waals surface area contributed by atoms with Crippen molar-refractivity contribution in [3.05, 3.63) is 35.9 Å². The molecule has 1 aliphatic heterocycles. The lowest BCUT2D eigenvalue weighted by Gasteiger charge is -2.48. The number of rotatable bonds is 4. The van der Waals surface area contributed by atoms with E-state index in [1.807, 2.05) is 30.3 Å². The monoisotopic (exact) mass is 243 g/mol. The van der Waals surface area contributed by atoms with Crippen molar-refractivity contribution in [1.29, 1.82) is 0 Å². The molecule has 0 aromatic heterocycles. The average molecular weight is 243 g/mol. The molecule has 1 aromatic carbocycles. The molecule has 1 amide bonds. The van der Waals surface area contributed by atoms with Crippen LogP contribution in [0.3, 0.4) is 0 Å². The molecule has 0 atom stereocenters. The number of carbonyl (C=O) groups excluding carboxylic acids is 1. The highest BCUT2D eigenvalue weighted by molar-refractivity contribution is 5.90. The van der Waals surface area contributed by atoms with Crippen LogP contribution >= 0.6 is 0 Å². The van der Waals surface area contributed by atoms with Crippen LogP contribution in [0.25, 0.3) is 0 Å². The minimum atomic E-state index is -0.408. The fraction of sp³-hybridized carbons (Fsp3) is 0.533. The number of nitrogens with zero attached hydrogens (tertiary/aromatic N) is 1. The van der Waals surface area contributed by atoms with Crippen molar-refractivity contribution in [1.82, 2.24) is 5.06 Å². The van der Waals surface area contributed by atoms with Gasteiger partial charge in [0.15, 0.2) is 5.60 Å². The Balaban J connectivity index is 1.49. The Morgan fingerprint density at radius 2 is 1.72 bits per heavy atom. The summed E-state index contributed by atoms with van der Waals surface area (Å²) in [6, 6.07) is 10.0. The minimum Gasteiger partial charge on any atom is -0.269 e. The van der Waals surface area contributed by atoms with E-state index < -0.39 is 5.60 Å². The van der Waals surface area contributed by atoms with Gasteiger partial charge in [0, 0.05) is 11.8 Å². The van der Waals surface area contributed by atoms with E-state index in [0.29, 0.717) is 18.4 Å². The van der Waals surface area contributed by atoms with Crippen LogP contribution in [0.15, 0.2) is 30.3 Å².